The molecule has 2 aromatic rings. The predicted molar refractivity (Wildman–Crippen MR) is 107 cm³/mol. The molecule has 0 aliphatic carbocycles. The van der Waals surface area contributed by atoms with E-state index < -0.39 is 0 Å². The van der Waals surface area contributed by atoms with Gasteiger partial charge in [0.25, 0.3) is 0 Å². The number of carbonyl (C=O) groups excluding carboxylic acids is 2. The van der Waals surface area contributed by atoms with E-state index in [0.717, 1.165) is 17.7 Å². The number of ether oxygens (including phenoxy) is 2. The summed E-state index contributed by atoms with van der Waals surface area (Å²) in [6.45, 7) is 6.15. The predicted octanol–water partition coefficient (Wildman–Crippen LogP) is 4.08. The maximum atomic E-state index is 12.1. The van der Waals surface area contributed by atoms with Crippen LogP contribution in [0.25, 0.3) is 6.08 Å². The minimum Gasteiger partial charge on any atom is -0.490 e. The van der Waals surface area contributed by atoms with Gasteiger partial charge in [-0.2, -0.15) is 0 Å². The van der Waals surface area contributed by atoms with Crippen LogP contribution in [0, 0.1) is 0 Å². The molecule has 0 saturated carbocycles. The van der Waals surface area contributed by atoms with Gasteiger partial charge in [-0.05, 0) is 32.4 Å². The van der Waals surface area contributed by atoms with Crippen LogP contribution in [-0.2, 0) is 20.7 Å². The fourth-order valence-corrected chi connectivity index (χ4v) is 2.86. The Morgan fingerprint density at radius 2 is 2.07 bits per heavy atom. The Kier molecular flexibility index (Phi) is 8.00. The van der Waals surface area contributed by atoms with Gasteiger partial charge in [0.05, 0.1) is 24.8 Å². The molecule has 0 fully saturated rings. The molecule has 144 valence electrons. The zero-order chi connectivity index (χ0) is 19.6. The third-order valence-electron chi connectivity index (χ3n) is 3.65. The first kappa shape index (κ1) is 20.6. The highest BCUT2D eigenvalue weighted by atomic mass is 32.1. The molecule has 1 amide bonds. The van der Waals surface area contributed by atoms with Crippen molar-refractivity contribution in [1.82, 2.24) is 4.98 Å². The van der Waals surface area contributed by atoms with E-state index in [4.69, 9.17) is 9.47 Å². The Morgan fingerprint density at radius 3 is 2.81 bits per heavy atom. The summed E-state index contributed by atoms with van der Waals surface area (Å²) >= 11 is 1.26. The first-order chi connectivity index (χ1) is 13.0. The first-order valence-corrected chi connectivity index (χ1v) is 9.74. The Balaban J connectivity index is 1.96. The zero-order valence-electron chi connectivity index (χ0n) is 15.7. The molecule has 1 unspecified atom stereocenters. The quantitative estimate of drug-likeness (QED) is 0.517. The molecule has 0 spiro atoms. The van der Waals surface area contributed by atoms with Crippen molar-refractivity contribution in [2.24, 2.45) is 0 Å². The Morgan fingerprint density at radius 1 is 1.30 bits per heavy atom. The fourth-order valence-electron chi connectivity index (χ4n) is 2.14. The van der Waals surface area contributed by atoms with E-state index in [1.165, 1.54) is 17.4 Å². The lowest BCUT2D eigenvalue weighted by Crippen LogP contribution is -2.11. The topological polar surface area (TPSA) is 77.5 Å². The molecule has 1 N–H and O–H groups in total. The van der Waals surface area contributed by atoms with Crippen LogP contribution in [0.1, 0.15) is 38.4 Å². The van der Waals surface area contributed by atoms with Crippen LogP contribution in [0.3, 0.4) is 0 Å². The average Bonchev–Trinajstić information content (AvgIpc) is 3.07. The number of esters is 1. The van der Waals surface area contributed by atoms with Crippen molar-refractivity contribution in [2.45, 2.75) is 39.7 Å². The third kappa shape index (κ3) is 6.86. The van der Waals surface area contributed by atoms with Gasteiger partial charge in [0.2, 0.25) is 5.91 Å². The van der Waals surface area contributed by atoms with Crippen molar-refractivity contribution in [3.8, 4) is 5.75 Å². The summed E-state index contributed by atoms with van der Waals surface area (Å²) < 4.78 is 10.8. The molecule has 0 aliphatic rings. The van der Waals surface area contributed by atoms with Crippen LogP contribution in [-0.4, -0.2) is 29.6 Å². The second kappa shape index (κ2) is 10.5. The van der Waals surface area contributed by atoms with Crippen LogP contribution in [0.4, 0.5) is 5.13 Å². The van der Waals surface area contributed by atoms with Gasteiger partial charge in [0.1, 0.15) is 5.75 Å². The number of aromatic nitrogens is 1. The molecule has 27 heavy (non-hydrogen) atoms. The molecular formula is C20H24N2O4S. The second-order valence-corrected chi connectivity index (χ2v) is 6.68. The average molecular weight is 388 g/mol. The van der Waals surface area contributed by atoms with Gasteiger partial charge >= 0.3 is 5.97 Å². The van der Waals surface area contributed by atoms with Crippen LogP contribution in [0.5, 0.6) is 5.75 Å². The van der Waals surface area contributed by atoms with Crippen molar-refractivity contribution < 1.29 is 19.1 Å². The summed E-state index contributed by atoms with van der Waals surface area (Å²) in [7, 11) is 0. The van der Waals surface area contributed by atoms with Crippen molar-refractivity contribution in [1.29, 1.82) is 0 Å². The second-order valence-electron chi connectivity index (χ2n) is 5.82. The van der Waals surface area contributed by atoms with E-state index in [0.29, 0.717) is 17.4 Å². The Bertz CT molecular complexity index is 801. The number of anilines is 1. The van der Waals surface area contributed by atoms with E-state index in [2.05, 4.69) is 17.2 Å². The molecule has 0 bridgehead atoms. The van der Waals surface area contributed by atoms with Crippen LogP contribution in [0.2, 0.25) is 0 Å². The minimum atomic E-state index is -0.335. The lowest BCUT2D eigenvalue weighted by atomic mass is 10.2. The maximum absolute atomic E-state index is 12.1. The minimum absolute atomic E-state index is 0.0936. The molecule has 0 radical (unpaired) electrons. The molecular weight excluding hydrogens is 364 g/mol. The fraction of sp³-hybridized carbons (Fsp3) is 0.350. The monoisotopic (exact) mass is 388 g/mol. The van der Waals surface area contributed by atoms with Gasteiger partial charge in [-0.15, -0.1) is 11.3 Å². The summed E-state index contributed by atoms with van der Waals surface area (Å²) in [5.41, 5.74) is 1.40. The standard InChI is InChI=1S/C20H24N2O4S/c1-4-14(3)26-17-9-7-6-8-15(17)10-11-18(23)22-20-21-16(13-27-20)12-19(24)25-5-2/h6-11,13-14H,4-5,12H2,1-3H3,(H,21,22,23). The van der Waals surface area contributed by atoms with Gasteiger partial charge in [-0.25, -0.2) is 4.98 Å². The highest BCUT2D eigenvalue weighted by Gasteiger charge is 2.10. The third-order valence-corrected chi connectivity index (χ3v) is 4.46. The summed E-state index contributed by atoms with van der Waals surface area (Å²) in [4.78, 5) is 27.8. The van der Waals surface area contributed by atoms with Crippen LogP contribution >= 0.6 is 11.3 Å². The van der Waals surface area contributed by atoms with E-state index in [1.54, 1.807) is 18.4 Å². The number of nitrogens with zero attached hydrogens (tertiary/aromatic N) is 1. The number of hydrogen-bond acceptors (Lipinski definition) is 6. The molecule has 1 heterocycles. The number of nitrogens with one attached hydrogen (secondary N) is 1. The number of amides is 1. The molecule has 0 aliphatic heterocycles. The van der Waals surface area contributed by atoms with Crippen LogP contribution in [0.15, 0.2) is 35.7 Å². The van der Waals surface area contributed by atoms with Crippen molar-refractivity contribution >= 4 is 34.4 Å². The number of carbonyl (C=O) groups is 2. The van der Waals surface area contributed by atoms with Crippen molar-refractivity contribution in [2.75, 3.05) is 11.9 Å². The smallest absolute Gasteiger partial charge is 0.311 e. The molecule has 1 atom stereocenters. The zero-order valence-corrected chi connectivity index (χ0v) is 16.5. The van der Waals surface area contributed by atoms with E-state index in [-0.39, 0.29) is 24.4 Å². The summed E-state index contributed by atoms with van der Waals surface area (Å²) in [6, 6.07) is 7.56. The largest absolute Gasteiger partial charge is 0.490 e. The highest BCUT2D eigenvalue weighted by molar-refractivity contribution is 7.14. The van der Waals surface area contributed by atoms with E-state index >= 15 is 0 Å². The van der Waals surface area contributed by atoms with Crippen LogP contribution < -0.4 is 10.1 Å². The first-order valence-electron chi connectivity index (χ1n) is 8.86. The Hall–Kier alpha value is -2.67. The van der Waals surface area contributed by atoms with E-state index in [1.807, 2.05) is 31.2 Å². The normalized spacial score (nSPS) is 12.0. The molecule has 6 nitrogen and oxygen atoms in total. The number of rotatable bonds is 9. The molecule has 7 heteroatoms. The summed E-state index contributed by atoms with van der Waals surface area (Å²) in [5, 5.41) is 4.86. The molecule has 1 aromatic carbocycles. The lowest BCUT2D eigenvalue weighted by Gasteiger charge is -2.14. The molecule has 0 saturated heterocycles. The van der Waals surface area contributed by atoms with Gasteiger partial charge in [0, 0.05) is 17.0 Å². The van der Waals surface area contributed by atoms with Gasteiger partial charge in [0.15, 0.2) is 5.13 Å². The summed E-state index contributed by atoms with van der Waals surface area (Å²) in [5.74, 6) is 0.103. The number of thiazole rings is 1. The number of para-hydroxylation sites is 1. The lowest BCUT2D eigenvalue weighted by molar-refractivity contribution is -0.142. The number of hydrogen-bond donors (Lipinski definition) is 1. The SMILES string of the molecule is CCOC(=O)Cc1csc(NC(=O)C=Cc2ccccc2OC(C)CC)n1. The van der Waals surface area contributed by atoms with Crippen molar-refractivity contribution in [3.63, 3.8) is 0 Å². The summed E-state index contributed by atoms with van der Waals surface area (Å²) in [6.07, 6.45) is 4.24. The number of benzene rings is 1. The van der Waals surface area contributed by atoms with Gasteiger partial charge in [-0.3, -0.25) is 14.9 Å². The van der Waals surface area contributed by atoms with E-state index in [9.17, 15) is 9.59 Å². The molecule has 1 aromatic heterocycles. The van der Waals surface area contributed by atoms with Crippen molar-refractivity contribution in [3.05, 3.63) is 47.0 Å². The molecule has 2 rings (SSSR count). The van der Waals surface area contributed by atoms with Gasteiger partial charge in [-0.1, -0.05) is 25.1 Å². The Labute approximate surface area is 163 Å². The highest BCUT2D eigenvalue weighted by Crippen LogP contribution is 2.22. The van der Waals surface area contributed by atoms with Gasteiger partial charge < -0.3 is 9.47 Å². The maximum Gasteiger partial charge on any atom is 0.311 e.